The first kappa shape index (κ1) is 92.0. The minimum absolute atomic E-state index is 0.0548. The second-order valence-corrected chi connectivity index (χ2v) is 33.6. The van der Waals surface area contributed by atoms with E-state index >= 15 is 0 Å². The quantitative estimate of drug-likeness (QED) is 0.0145. The molecule has 0 saturated heterocycles. The summed E-state index contributed by atoms with van der Waals surface area (Å²) < 4.78 is 12.5. The molecule has 2 aliphatic rings. The van der Waals surface area contributed by atoms with Crippen LogP contribution in [0.4, 0.5) is 5.69 Å². The highest BCUT2D eigenvalue weighted by atomic mass is 127. The fourth-order valence-corrected chi connectivity index (χ4v) is 16.6. The highest BCUT2D eigenvalue weighted by Crippen LogP contribution is 2.40. The maximum Gasteiger partial charge on any atom is 0.261 e. The van der Waals surface area contributed by atoms with Crippen LogP contribution in [-0.2, 0) is 24.1 Å². The molecule has 0 spiro atoms. The van der Waals surface area contributed by atoms with Gasteiger partial charge in [0, 0.05) is 78.6 Å². The minimum Gasteiger partial charge on any atom is -0.494 e. The number of hydrogen-bond donors (Lipinski definition) is 6. The maximum absolute atomic E-state index is 13.3. The van der Waals surface area contributed by atoms with Crippen molar-refractivity contribution in [3.8, 4) is 101 Å². The van der Waals surface area contributed by atoms with Crippen LogP contribution in [0.15, 0.2) is 283 Å². The first-order valence-electron chi connectivity index (χ1n) is 44.1. The van der Waals surface area contributed by atoms with Crippen molar-refractivity contribution in [2.45, 2.75) is 158 Å². The number of amides is 1. The molecule has 1 aliphatic heterocycles. The number of H-pyrrole nitrogens is 5. The van der Waals surface area contributed by atoms with Gasteiger partial charge in [-0.1, -0.05) is 257 Å². The third-order valence-electron chi connectivity index (χ3n) is 22.8. The second kappa shape index (κ2) is 45.0. The smallest absolute Gasteiger partial charge is 0.261 e. The Morgan fingerprint density at radius 3 is 1.37 bits per heavy atom. The zero-order chi connectivity index (χ0) is 90.0. The second-order valence-electron chi connectivity index (χ2n) is 32.5. The molecule has 21 heteroatoms. The van der Waals surface area contributed by atoms with Crippen molar-refractivity contribution >= 4 is 51.6 Å². The fourth-order valence-electron chi connectivity index (χ4n) is 15.4. The van der Waals surface area contributed by atoms with E-state index in [1.807, 2.05) is 241 Å². The van der Waals surface area contributed by atoms with Gasteiger partial charge >= 0.3 is 0 Å². The van der Waals surface area contributed by atoms with E-state index in [0.717, 1.165) is 161 Å². The Kier molecular flexibility index (Phi) is 32.3. The van der Waals surface area contributed by atoms with Gasteiger partial charge in [-0.05, 0) is 230 Å². The number of hydrogen-bond acceptors (Lipinski definition) is 14. The summed E-state index contributed by atoms with van der Waals surface area (Å²) in [6, 6.07) is 78.6. The number of aromatic nitrogens is 7. The summed E-state index contributed by atoms with van der Waals surface area (Å²) >= 11 is 2.32. The van der Waals surface area contributed by atoms with Gasteiger partial charge in [0.15, 0.2) is 18.3 Å². The van der Waals surface area contributed by atoms with Crippen molar-refractivity contribution in [3.05, 3.63) is 355 Å². The highest BCUT2D eigenvalue weighted by Gasteiger charge is 2.29. The number of nitrogens with one attached hydrogen (secondary N) is 6. The Morgan fingerprint density at radius 2 is 0.898 bits per heavy atom. The van der Waals surface area contributed by atoms with Crippen LogP contribution in [0.3, 0.4) is 0 Å². The summed E-state index contributed by atoms with van der Waals surface area (Å²) in [6.07, 6.45) is 16.0. The number of azo groups is 1. The van der Waals surface area contributed by atoms with E-state index in [9.17, 15) is 33.6 Å². The topological polar surface area (TPSA) is 292 Å². The predicted molar refractivity (Wildman–Crippen MR) is 523 cm³/mol. The van der Waals surface area contributed by atoms with E-state index < -0.39 is 0 Å². The van der Waals surface area contributed by atoms with Gasteiger partial charge in [-0.3, -0.25) is 38.7 Å². The largest absolute Gasteiger partial charge is 0.494 e. The molecule has 20 nitrogen and oxygen atoms in total. The third kappa shape index (κ3) is 24.3. The fraction of sp³-hybridized carbons (Fsp3) is 0.252. The van der Waals surface area contributed by atoms with Crippen LogP contribution in [-0.4, -0.2) is 78.3 Å². The summed E-state index contributed by atoms with van der Waals surface area (Å²) in [5, 5.41) is 17.1. The number of carbonyl (C=O) groups is 3. The summed E-state index contributed by atoms with van der Waals surface area (Å²) in [7, 11) is 0. The molecule has 16 rings (SSSR count). The average molecular weight is 1820 g/mol. The third-order valence-corrected chi connectivity index (χ3v) is 23.9. The molecule has 0 unspecified atom stereocenters. The molecule has 5 aromatic heterocycles. The maximum atomic E-state index is 13.3. The molecular weight excluding hydrogens is 1710 g/mol. The number of ether oxygens (including phenoxy) is 2. The van der Waals surface area contributed by atoms with E-state index in [2.05, 4.69) is 123 Å². The van der Waals surface area contributed by atoms with Gasteiger partial charge in [-0.2, -0.15) is 10.2 Å². The number of aryl methyl sites for hydroxylation is 6. The molecule has 1 amide bonds. The van der Waals surface area contributed by atoms with E-state index in [4.69, 9.17) is 9.47 Å². The van der Waals surface area contributed by atoms with Gasteiger partial charge in [0.2, 0.25) is 11.6 Å². The van der Waals surface area contributed by atoms with Crippen molar-refractivity contribution in [3.63, 3.8) is 0 Å². The Balaban J connectivity index is 0.000000146. The van der Waals surface area contributed by atoms with Gasteiger partial charge < -0.3 is 34.7 Å². The van der Waals surface area contributed by atoms with Crippen LogP contribution in [0.2, 0.25) is 0 Å². The number of ketones is 2. The van der Waals surface area contributed by atoms with Crippen molar-refractivity contribution in [2.75, 3.05) is 25.2 Å². The SMILES string of the molecule is CCCCCc1ccc(-c2cc(-c3ccc(C)cc3)c(CC(=O)c3ccccc3)c(=O)[nH]2)cc1.CCCCOc1ccc(-c2cc(-c3ccc(C)cc3)c(-c3ncn[nH]3)c(=O)[nH]2)cc1.CCCCOc1ccc(-c2cc(-c3ccc(C)cc3)c(CC(=O)C3=NCN=N3)c(=O)[nH]2)cc1.Cc1ccc(NC(=O)c2c(-c3ccc(C)cc3)c(I)c(C3CCCCC3)[nH]c2=O)cc1. The number of halogens is 1. The zero-order valence-electron chi connectivity index (χ0n) is 73.8. The van der Waals surface area contributed by atoms with Gasteiger partial charge in [-0.25, -0.2) is 9.98 Å². The van der Waals surface area contributed by atoms with Crippen LogP contribution in [0.5, 0.6) is 11.5 Å². The van der Waals surface area contributed by atoms with Gasteiger partial charge in [0.25, 0.3) is 28.1 Å². The lowest BCUT2D eigenvalue weighted by molar-refractivity contribution is -0.112. The number of nitrogens with zero attached hydrogens (tertiary/aromatic N) is 5. The molecule has 1 fully saturated rings. The Hall–Kier alpha value is -13.7. The number of benzene rings is 9. The number of amidine groups is 1. The predicted octanol–water partition coefficient (Wildman–Crippen LogP) is 23.8. The van der Waals surface area contributed by atoms with Crippen LogP contribution < -0.4 is 37.0 Å². The first-order valence-corrected chi connectivity index (χ1v) is 45.1. The summed E-state index contributed by atoms with van der Waals surface area (Å²) in [6.45, 7) is 18.1. The summed E-state index contributed by atoms with van der Waals surface area (Å²) in [5.41, 5.74) is 21.3. The summed E-state index contributed by atoms with van der Waals surface area (Å²) in [4.78, 5) is 112. The lowest BCUT2D eigenvalue weighted by Gasteiger charge is -2.24. The number of rotatable bonds is 29. The Bertz CT molecular complexity index is 6440. The highest BCUT2D eigenvalue weighted by molar-refractivity contribution is 14.1. The standard InChI is InChI=1S/C31H31NO2.C26H27IN2O2.C26H26N4O3.C24H24N4O2/c1-3-4-6-9-23-14-18-25(19-15-23)29-20-27(24-16-12-22(2)13-17-24)28(31(34)32-29)21-30(33)26-10-7-5-8-11-26;1-16-8-12-18(13-9-16)21-22(25(30)28-20-14-10-17(2)11-15-20)26(31)29-24(23(21)27)19-6-4-3-5-7-19;1-3-4-13-33-20-11-9-19(10-12-20)23-14-21(18-7-5-17(2)6-8-18)22(26(32)29-23)15-24(31)25-27-16-28-30-25;1-3-4-13-30-19-11-9-18(10-12-19)21-14-20(17-7-5-16(2)6-8-17)22(24(29)27-21)23-25-15-26-28-23/h5,7-8,10-20H,3-4,6,9,21H2,1-2H3,(H,32,34);8-15,19H,3-7H2,1-2H3,(H,28,30)(H,29,31);5-12,14H,3-4,13,15-16H2,1-2H3,(H,29,32);5-12,14-15H,3-4,13H2,1-2H3,(H,27,29)(H,25,26,28). The van der Waals surface area contributed by atoms with Crippen LogP contribution >= 0.6 is 22.6 Å². The molecule has 128 heavy (non-hydrogen) atoms. The number of anilines is 1. The number of aromatic amines is 5. The average Bonchev–Trinajstić information content (AvgIpc) is 0.900. The lowest BCUT2D eigenvalue weighted by Crippen LogP contribution is -2.28. The molecule has 14 aromatic rings. The normalized spacial score (nSPS) is 12.2. The van der Waals surface area contributed by atoms with Crippen LogP contribution in [0.25, 0.3) is 89.7 Å². The van der Waals surface area contributed by atoms with Crippen LogP contribution in [0, 0.1) is 38.2 Å². The van der Waals surface area contributed by atoms with Crippen LogP contribution in [0.1, 0.15) is 175 Å². The molecule has 1 saturated carbocycles. The van der Waals surface area contributed by atoms with E-state index in [1.165, 1.54) is 50.4 Å². The molecule has 0 radical (unpaired) electrons. The van der Waals surface area contributed by atoms with Crippen molar-refractivity contribution < 1.29 is 23.9 Å². The Morgan fingerprint density at radius 1 is 0.453 bits per heavy atom. The van der Waals surface area contributed by atoms with Crippen molar-refractivity contribution in [1.82, 2.24) is 35.1 Å². The number of unbranched alkanes of at least 4 members (excludes halogenated alkanes) is 4. The number of pyridine rings is 4. The summed E-state index contributed by atoms with van der Waals surface area (Å²) in [5.74, 6) is 1.69. The molecule has 9 aromatic carbocycles. The van der Waals surface area contributed by atoms with E-state index in [0.29, 0.717) is 64.2 Å². The monoisotopic (exact) mass is 1820 g/mol. The molecule has 6 N–H and O–H groups in total. The van der Waals surface area contributed by atoms with E-state index in [1.54, 1.807) is 12.1 Å². The first-order chi connectivity index (χ1) is 62.2. The number of Topliss-reactive ketones (excluding diaryl/α,β-unsaturated/α-hetero) is 2. The lowest BCUT2D eigenvalue weighted by atomic mass is 9.85. The molecule has 6 heterocycles. The number of aliphatic imine (C=N–C) groups is 1. The molecule has 0 atom stereocenters. The van der Waals surface area contributed by atoms with Gasteiger partial charge in [0.1, 0.15) is 23.4 Å². The molecular formula is C107H108IN11O9. The van der Waals surface area contributed by atoms with Crippen molar-refractivity contribution in [2.24, 2.45) is 15.2 Å². The van der Waals surface area contributed by atoms with E-state index in [-0.39, 0.29) is 70.6 Å². The molecule has 1 aliphatic carbocycles. The van der Waals surface area contributed by atoms with Gasteiger partial charge in [-0.15, -0.1) is 5.11 Å². The number of carbonyl (C=O) groups excluding carboxylic acids is 3. The molecule has 0 bridgehead atoms. The van der Waals surface area contributed by atoms with Crippen molar-refractivity contribution in [1.29, 1.82) is 0 Å². The van der Waals surface area contributed by atoms with Gasteiger partial charge in [0.05, 0.1) is 18.8 Å². The molecule has 652 valence electrons. The zero-order valence-corrected chi connectivity index (χ0v) is 75.9. The minimum atomic E-state index is -0.381. The Labute approximate surface area is 759 Å².